The fraction of sp³-hybridized carbons (Fsp3) is 0.333. The first-order chi connectivity index (χ1) is 10.8. The van der Waals surface area contributed by atoms with Gasteiger partial charge in [-0.15, -0.1) is 0 Å². The highest BCUT2D eigenvalue weighted by molar-refractivity contribution is 5.84. The van der Waals surface area contributed by atoms with E-state index in [2.05, 4.69) is 11.1 Å². The van der Waals surface area contributed by atoms with E-state index in [9.17, 15) is 5.26 Å². The van der Waals surface area contributed by atoms with E-state index in [4.69, 9.17) is 15.2 Å². The highest BCUT2D eigenvalue weighted by Crippen LogP contribution is 2.42. The lowest BCUT2D eigenvalue weighted by Crippen LogP contribution is -2.15. The summed E-state index contributed by atoms with van der Waals surface area (Å²) >= 11 is 0. The van der Waals surface area contributed by atoms with Crippen LogP contribution in [0.25, 0.3) is 11.1 Å². The van der Waals surface area contributed by atoms with Crippen molar-refractivity contribution in [3.8, 4) is 28.7 Å². The Hall–Kier alpha value is -2.74. The molecule has 2 N–H and O–H groups in total. The van der Waals surface area contributed by atoms with Crippen LogP contribution in [0, 0.1) is 11.3 Å². The van der Waals surface area contributed by atoms with Crippen LogP contribution < -0.4 is 15.2 Å². The third-order valence-corrected chi connectivity index (χ3v) is 3.62. The van der Waals surface area contributed by atoms with Gasteiger partial charge in [-0.25, -0.2) is 4.98 Å². The summed E-state index contributed by atoms with van der Waals surface area (Å²) in [5.41, 5.74) is 8.32. The smallest absolute Gasteiger partial charge is 0.142 e. The third-order valence-electron chi connectivity index (χ3n) is 3.62. The van der Waals surface area contributed by atoms with Crippen LogP contribution in [0.2, 0.25) is 0 Å². The van der Waals surface area contributed by atoms with Crippen molar-refractivity contribution in [2.75, 3.05) is 20.0 Å². The van der Waals surface area contributed by atoms with Gasteiger partial charge in [0.25, 0.3) is 0 Å². The highest BCUT2D eigenvalue weighted by atomic mass is 16.5. The van der Waals surface area contributed by atoms with Crippen LogP contribution in [-0.4, -0.2) is 19.2 Å². The number of rotatable bonds is 3. The minimum atomic E-state index is -0.202. The minimum Gasteiger partial charge on any atom is -0.496 e. The topological polar surface area (TPSA) is 81.2 Å². The molecule has 0 radical (unpaired) electrons. The van der Waals surface area contributed by atoms with Gasteiger partial charge in [-0.05, 0) is 18.2 Å². The molecule has 0 saturated heterocycles. The second-order valence-electron chi connectivity index (χ2n) is 6.21. The van der Waals surface area contributed by atoms with Crippen LogP contribution in [0.4, 0.5) is 5.82 Å². The molecular weight excluding hydrogens is 290 g/mol. The average Bonchev–Trinajstić information content (AvgIpc) is 2.52. The van der Waals surface area contributed by atoms with Gasteiger partial charge in [0.15, 0.2) is 0 Å². The minimum absolute atomic E-state index is 0.202. The Morgan fingerprint density at radius 1 is 1.13 bits per heavy atom. The van der Waals surface area contributed by atoms with Crippen molar-refractivity contribution >= 4 is 5.82 Å². The van der Waals surface area contributed by atoms with E-state index >= 15 is 0 Å². The highest BCUT2D eigenvalue weighted by Gasteiger charge is 2.23. The van der Waals surface area contributed by atoms with Crippen molar-refractivity contribution < 1.29 is 9.47 Å². The number of methoxy groups -OCH3 is 2. The molecule has 1 heterocycles. The number of ether oxygens (including phenoxy) is 2. The van der Waals surface area contributed by atoms with E-state index in [1.165, 1.54) is 0 Å². The van der Waals surface area contributed by atoms with Crippen molar-refractivity contribution in [1.29, 1.82) is 5.26 Å². The summed E-state index contributed by atoms with van der Waals surface area (Å²) in [6.07, 6.45) is 0. The van der Waals surface area contributed by atoms with E-state index in [1.54, 1.807) is 14.2 Å². The van der Waals surface area contributed by atoms with Crippen LogP contribution >= 0.6 is 0 Å². The second kappa shape index (κ2) is 6.17. The van der Waals surface area contributed by atoms with Gasteiger partial charge in [-0.3, -0.25) is 0 Å². The number of hydrogen-bond donors (Lipinski definition) is 1. The summed E-state index contributed by atoms with van der Waals surface area (Å²) in [6.45, 7) is 6.14. The van der Waals surface area contributed by atoms with Crippen molar-refractivity contribution in [1.82, 2.24) is 4.98 Å². The van der Waals surface area contributed by atoms with Gasteiger partial charge in [0.1, 0.15) is 28.9 Å². The molecule has 5 nitrogen and oxygen atoms in total. The molecule has 0 spiro atoms. The Balaban J connectivity index is 2.88. The molecule has 0 saturated carbocycles. The molecular formula is C18H21N3O2. The zero-order valence-corrected chi connectivity index (χ0v) is 14.1. The predicted octanol–water partition coefficient (Wildman–Crippen LogP) is 3.52. The molecule has 0 unspecified atom stereocenters. The van der Waals surface area contributed by atoms with E-state index < -0.39 is 0 Å². The molecule has 0 aliphatic heterocycles. The number of nitrogen functional groups attached to an aromatic ring is 1. The van der Waals surface area contributed by atoms with Crippen LogP contribution in [0.5, 0.6) is 11.5 Å². The van der Waals surface area contributed by atoms with Gasteiger partial charge in [-0.1, -0.05) is 26.8 Å². The number of aromatic nitrogens is 1. The van der Waals surface area contributed by atoms with Crippen LogP contribution in [0.3, 0.4) is 0 Å². The molecule has 2 aromatic rings. The number of pyridine rings is 1. The second-order valence-corrected chi connectivity index (χ2v) is 6.21. The summed E-state index contributed by atoms with van der Waals surface area (Å²) in [5, 5.41) is 9.53. The molecule has 0 aliphatic carbocycles. The van der Waals surface area contributed by atoms with E-state index in [0.717, 1.165) is 5.69 Å². The average molecular weight is 311 g/mol. The first-order valence-electron chi connectivity index (χ1n) is 7.26. The molecule has 0 fully saturated rings. The van der Waals surface area contributed by atoms with Crippen molar-refractivity contribution in [2.45, 2.75) is 26.2 Å². The Kier molecular flexibility index (Phi) is 4.46. The molecule has 1 aromatic heterocycles. The largest absolute Gasteiger partial charge is 0.496 e. The van der Waals surface area contributed by atoms with Crippen LogP contribution in [0.15, 0.2) is 24.3 Å². The number of nitriles is 1. The number of nitrogens with zero attached hydrogens (tertiary/aromatic N) is 2. The van der Waals surface area contributed by atoms with E-state index in [0.29, 0.717) is 28.2 Å². The SMILES string of the molecule is COc1cccc(OC)c1-c1cc(C(C)(C)C)nc(N)c1C#N. The predicted molar refractivity (Wildman–Crippen MR) is 90.6 cm³/mol. The summed E-state index contributed by atoms with van der Waals surface area (Å²) in [7, 11) is 3.17. The monoisotopic (exact) mass is 311 g/mol. The maximum absolute atomic E-state index is 9.53. The molecule has 0 aliphatic rings. The summed E-state index contributed by atoms with van der Waals surface area (Å²) in [5.74, 6) is 1.44. The summed E-state index contributed by atoms with van der Waals surface area (Å²) < 4.78 is 10.9. The van der Waals surface area contributed by atoms with Gasteiger partial charge in [0.05, 0.1) is 19.8 Å². The van der Waals surface area contributed by atoms with Crippen molar-refractivity contribution in [3.05, 3.63) is 35.5 Å². The quantitative estimate of drug-likeness (QED) is 0.938. The lowest BCUT2D eigenvalue weighted by Gasteiger charge is -2.21. The summed E-state index contributed by atoms with van der Waals surface area (Å²) in [4.78, 5) is 4.39. The third kappa shape index (κ3) is 3.07. The lowest BCUT2D eigenvalue weighted by molar-refractivity contribution is 0.397. The van der Waals surface area contributed by atoms with E-state index in [1.807, 2.05) is 45.0 Å². The van der Waals surface area contributed by atoms with Crippen LogP contribution in [-0.2, 0) is 5.41 Å². The molecule has 23 heavy (non-hydrogen) atoms. The molecule has 0 amide bonds. The maximum Gasteiger partial charge on any atom is 0.142 e. The van der Waals surface area contributed by atoms with Crippen molar-refractivity contribution in [3.63, 3.8) is 0 Å². The lowest BCUT2D eigenvalue weighted by atomic mass is 9.88. The standard InChI is InChI=1S/C18H21N3O2/c1-18(2,3)15-9-11(12(10-19)17(20)21-15)16-13(22-4)7-6-8-14(16)23-5/h6-9H,1-5H3,(H2,20,21). The fourth-order valence-electron chi connectivity index (χ4n) is 2.38. The zero-order valence-electron chi connectivity index (χ0n) is 14.1. The fourth-order valence-corrected chi connectivity index (χ4v) is 2.38. The van der Waals surface area contributed by atoms with Gasteiger partial charge in [-0.2, -0.15) is 5.26 Å². The number of nitrogens with two attached hydrogens (primary N) is 1. The van der Waals surface area contributed by atoms with Gasteiger partial charge in [0, 0.05) is 16.7 Å². The van der Waals surface area contributed by atoms with Gasteiger partial charge < -0.3 is 15.2 Å². The Morgan fingerprint density at radius 3 is 2.13 bits per heavy atom. The van der Waals surface area contributed by atoms with Gasteiger partial charge >= 0.3 is 0 Å². The molecule has 120 valence electrons. The molecule has 0 bridgehead atoms. The van der Waals surface area contributed by atoms with Crippen LogP contribution in [0.1, 0.15) is 32.0 Å². The Bertz CT molecular complexity index is 749. The first kappa shape index (κ1) is 16.6. The number of benzene rings is 1. The first-order valence-corrected chi connectivity index (χ1v) is 7.26. The Morgan fingerprint density at radius 2 is 1.70 bits per heavy atom. The molecule has 1 aromatic carbocycles. The molecule has 2 rings (SSSR count). The van der Waals surface area contributed by atoms with Gasteiger partial charge in [0.2, 0.25) is 0 Å². The summed E-state index contributed by atoms with van der Waals surface area (Å²) in [6, 6.07) is 9.52. The van der Waals surface area contributed by atoms with E-state index in [-0.39, 0.29) is 11.2 Å². The molecule has 0 atom stereocenters. The van der Waals surface area contributed by atoms with Crippen molar-refractivity contribution in [2.24, 2.45) is 0 Å². The Labute approximate surface area is 136 Å². The number of anilines is 1. The normalized spacial score (nSPS) is 11.0. The number of hydrogen-bond acceptors (Lipinski definition) is 5. The molecule has 5 heteroatoms. The zero-order chi connectivity index (χ0) is 17.2. The maximum atomic E-state index is 9.53.